The number of nitrogens with one attached hydrogen (secondary N) is 2. The summed E-state index contributed by atoms with van der Waals surface area (Å²) in [6, 6.07) is 7.18. The Morgan fingerprint density at radius 3 is 2.40 bits per heavy atom. The summed E-state index contributed by atoms with van der Waals surface area (Å²) >= 11 is 1.91. The van der Waals surface area contributed by atoms with Gasteiger partial charge in [-0.15, -0.1) is 0 Å². The van der Waals surface area contributed by atoms with E-state index >= 15 is 0 Å². The van der Waals surface area contributed by atoms with E-state index in [1.807, 2.05) is 23.9 Å². The van der Waals surface area contributed by atoms with Crippen LogP contribution in [0.5, 0.6) is 0 Å². The van der Waals surface area contributed by atoms with Crippen molar-refractivity contribution < 1.29 is 8.42 Å². The standard InChI is InChI=1S/C14H20N2O2S2/c1-19-14(8-9-14)10-15-11-4-6-13(7-5-11)20(17,18)16-12-2-3-12/h4-7,12,15-16H,2-3,8-10H2,1H3. The first-order valence-corrected chi connectivity index (χ1v) is 9.65. The molecule has 3 rings (SSSR count). The van der Waals surface area contributed by atoms with Crippen molar-refractivity contribution in [2.75, 3.05) is 18.1 Å². The van der Waals surface area contributed by atoms with Crippen molar-refractivity contribution in [1.29, 1.82) is 0 Å². The molecule has 2 saturated carbocycles. The van der Waals surface area contributed by atoms with E-state index in [0.717, 1.165) is 25.1 Å². The Morgan fingerprint density at radius 1 is 1.25 bits per heavy atom. The number of benzene rings is 1. The van der Waals surface area contributed by atoms with E-state index < -0.39 is 10.0 Å². The van der Waals surface area contributed by atoms with Crippen LogP contribution in [0.25, 0.3) is 0 Å². The van der Waals surface area contributed by atoms with Crippen LogP contribution in [0.1, 0.15) is 25.7 Å². The van der Waals surface area contributed by atoms with Crippen molar-refractivity contribution in [2.24, 2.45) is 0 Å². The Morgan fingerprint density at radius 2 is 1.90 bits per heavy atom. The predicted molar refractivity (Wildman–Crippen MR) is 83.8 cm³/mol. The third-order valence-electron chi connectivity index (χ3n) is 3.92. The molecule has 0 bridgehead atoms. The second-order valence-electron chi connectivity index (χ2n) is 5.66. The lowest BCUT2D eigenvalue weighted by Crippen LogP contribution is -2.25. The molecule has 2 aliphatic carbocycles. The van der Waals surface area contributed by atoms with Crippen molar-refractivity contribution in [1.82, 2.24) is 4.72 Å². The van der Waals surface area contributed by atoms with Crippen LogP contribution in [0, 0.1) is 0 Å². The molecule has 2 aliphatic rings. The highest BCUT2D eigenvalue weighted by Gasteiger charge is 2.41. The highest BCUT2D eigenvalue weighted by molar-refractivity contribution is 8.00. The van der Waals surface area contributed by atoms with Gasteiger partial charge in [0.1, 0.15) is 0 Å². The lowest BCUT2D eigenvalue weighted by atomic mass is 10.3. The van der Waals surface area contributed by atoms with Crippen molar-refractivity contribution >= 4 is 27.5 Å². The molecule has 0 amide bonds. The van der Waals surface area contributed by atoms with Crippen LogP contribution in [0.4, 0.5) is 5.69 Å². The van der Waals surface area contributed by atoms with Gasteiger partial charge in [0.2, 0.25) is 10.0 Å². The van der Waals surface area contributed by atoms with Crippen molar-refractivity contribution in [3.63, 3.8) is 0 Å². The number of thioether (sulfide) groups is 1. The molecule has 0 heterocycles. The molecule has 0 spiro atoms. The van der Waals surface area contributed by atoms with Crippen LogP contribution in [0.3, 0.4) is 0 Å². The molecular formula is C14H20N2O2S2. The summed E-state index contributed by atoms with van der Waals surface area (Å²) in [5.41, 5.74) is 0.982. The smallest absolute Gasteiger partial charge is 0.240 e. The van der Waals surface area contributed by atoms with Gasteiger partial charge in [-0.05, 0) is 56.2 Å². The Kier molecular flexibility index (Phi) is 3.73. The van der Waals surface area contributed by atoms with Gasteiger partial charge in [-0.2, -0.15) is 11.8 Å². The molecule has 0 radical (unpaired) electrons. The van der Waals surface area contributed by atoms with Gasteiger partial charge in [-0.1, -0.05) is 0 Å². The highest BCUT2D eigenvalue weighted by Crippen LogP contribution is 2.47. The van der Waals surface area contributed by atoms with E-state index in [-0.39, 0.29) is 6.04 Å². The maximum absolute atomic E-state index is 12.0. The molecular weight excluding hydrogens is 292 g/mol. The van der Waals surface area contributed by atoms with Gasteiger partial charge in [0.05, 0.1) is 4.90 Å². The number of hydrogen-bond donors (Lipinski definition) is 2. The predicted octanol–water partition coefficient (Wildman–Crippen LogP) is 2.43. The lowest BCUT2D eigenvalue weighted by molar-refractivity contribution is 0.581. The van der Waals surface area contributed by atoms with Gasteiger partial charge in [0.15, 0.2) is 0 Å². The SMILES string of the molecule is CSC1(CNc2ccc(S(=O)(=O)NC3CC3)cc2)CC1. The monoisotopic (exact) mass is 312 g/mol. The molecule has 2 N–H and O–H groups in total. The third-order valence-corrected chi connectivity index (χ3v) is 6.87. The average molecular weight is 312 g/mol. The van der Waals surface area contributed by atoms with E-state index in [1.54, 1.807) is 12.1 Å². The maximum atomic E-state index is 12.0. The summed E-state index contributed by atoms with van der Waals surface area (Å²) in [6.45, 7) is 0.945. The third kappa shape index (κ3) is 3.30. The fourth-order valence-electron chi connectivity index (χ4n) is 2.10. The summed E-state index contributed by atoms with van der Waals surface area (Å²) < 4.78 is 27.2. The quantitative estimate of drug-likeness (QED) is 0.812. The number of rotatable bonds is 7. The van der Waals surface area contributed by atoms with Crippen molar-refractivity contribution in [3.8, 4) is 0 Å². The first-order chi connectivity index (χ1) is 9.53. The second-order valence-corrected chi connectivity index (χ2v) is 8.65. The Labute approximate surface area is 124 Å². The Hall–Kier alpha value is -0.720. The van der Waals surface area contributed by atoms with E-state index in [2.05, 4.69) is 16.3 Å². The van der Waals surface area contributed by atoms with Gasteiger partial charge in [-0.25, -0.2) is 13.1 Å². The van der Waals surface area contributed by atoms with Gasteiger partial charge < -0.3 is 5.32 Å². The molecule has 6 heteroatoms. The highest BCUT2D eigenvalue weighted by atomic mass is 32.2. The second kappa shape index (κ2) is 5.24. The van der Waals surface area contributed by atoms with Gasteiger partial charge in [-0.3, -0.25) is 0 Å². The zero-order valence-electron chi connectivity index (χ0n) is 11.6. The molecule has 1 aromatic rings. The van der Waals surface area contributed by atoms with Gasteiger partial charge >= 0.3 is 0 Å². The van der Waals surface area contributed by atoms with Gasteiger partial charge in [0.25, 0.3) is 0 Å². The minimum Gasteiger partial charge on any atom is -0.384 e. The molecule has 0 aromatic heterocycles. The Balaban J connectivity index is 1.62. The summed E-state index contributed by atoms with van der Waals surface area (Å²) in [5.74, 6) is 0. The zero-order valence-corrected chi connectivity index (χ0v) is 13.2. The molecule has 20 heavy (non-hydrogen) atoms. The molecule has 0 atom stereocenters. The molecule has 4 nitrogen and oxygen atoms in total. The van der Waals surface area contributed by atoms with Crippen molar-refractivity contribution in [2.45, 2.75) is 41.4 Å². The van der Waals surface area contributed by atoms with Crippen LogP contribution < -0.4 is 10.0 Å². The molecule has 110 valence electrons. The van der Waals surface area contributed by atoms with Crippen molar-refractivity contribution in [3.05, 3.63) is 24.3 Å². The maximum Gasteiger partial charge on any atom is 0.240 e. The number of hydrogen-bond acceptors (Lipinski definition) is 4. The van der Waals surface area contributed by atoms with E-state index in [0.29, 0.717) is 9.64 Å². The first-order valence-electron chi connectivity index (χ1n) is 6.94. The normalized spacial score (nSPS) is 20.6. The topological polar surface area (TPSA) is 58.2 Å². The van der Waals surface area contributed by atoms with Crippen LogP contribution >= 0.6 is 11.8 Å². The number of sulfonamides is 1. The van der Waals surface area contributed by atoms with E-state index in [4.69, 9.17) is 0 Å². The minimum absolute atomic E-state index is 0.147. The Bertz CT molecular complexity index is 576. The fraction of sp³-hybridized carbons (Fsp3) is 0.571. The zero-order chi connectivity index (χ0) is 14.2. The van der Waals surface area contributed by atoms with Crippen LogP contribution in [-0.2, 0) is 10.0 Å². The lowest BCUT2D eigenvalue weighted by Gasteiger charge is -2.14. The molecule has 1 aromatic carbocycles. The largest absolute Gasteiger partial charge is 0.384 e. The summed E-state index contributed by atoms with van der Waals surface area (Å²) in [5, 5.41) is 3.39. The van der Waals surface area contributed by atoms with Crippen LogP contribution in [0.15, 0.2) is 29.2 Å². The van der Waals surface area contributed by atoms with Crippen LogP contribution in [-0.4, -0.2) is 32.0 Å². The van der Waals surface area contributed by atoms with Crippen LogP contribution in [0.2, 0.25) is 0 Å². The fourth-order valence-corrected chi connectivity index (χ4v) is 4.13. The minimum atomic E-state index is -3.33. The summed E-state index contributed by atoms with van der Waals surface area (Å²) in [7, 11) is -3.33. The molecule has 2 fully saturated rings. The first kappa shape index (κ1) is 14.2. The molecule has 0 saturated heterocycles. The summed E-state index contributed by atoms with van der Waals surface area (Å²) in [6.07, 6.45) is 6.58. The average Bonchev–Trinajstić information content (AvgIpc) is 3.33. The molecule has 0 unspecified atom stereocenters. The summed E-state index contributed by atoms with van der Waals surface area (Å²) in [4.78, 5) is 0.348. The van der Waals surface area contributed by atoms with Gasteiger partial charge in [0, 0.05) is 23.0 Å². The number of anilines is 1. The van der Waals surface area contributed by atoms with E-state index in [9.17, 15) is 8.42 Å². The molecule has 0 aliphatic heterocycles. The van der Waals surface area contributed by atoms with E-state index in [1.165, 1.54) is 12.8 Å².